The number of carboxylic acids is 1. The highest BCUT2D eigenvalue weighted by molar-refractivity contribution is 5.89. The third kappa shape index (κ3) is 3.44. The molecule has 2 atom stereocenters. The van der Waals surface area contributed by atoms with Gasteiger partial charge in [0.1, 0.15) is 12.1 Å². The van der Waals surface area contributed by atoms with Gasteiger partial charge in [0.25, 0.3) is 0 Å². The van der Waals surface area contributed by atoms with Crippen LogP contribution in [0.25, 0.3) is 0 Å². The van der Waals surface area contributed by atoms with E-state index in [1.54, 1.807) is 6.92 Å². The van der Waals surface area contributed by atoms with Crippen LogP contribution in [0.4, 0.5) is 0 Å². The lowest BCUT2D eigenvalue weighted by atomic mass is 10.0. The fourth-order valence-corrected chi connectivity index (χ4v) is 2.07. The maximum Gasteiger partial charge on any atom is 0.326 e. The van der Waals surface area contributed by atoms with Crippen molar-refractivity contribution in [1.29, 1.82) is 0 Å². The molecule has 0 bridgehead atoms. The Hall–Kier alpha value is -1.59. The Morgan fingerprint density at radius 3 is 2.53 bits per heavy atom. The van der Waals surface area contributed by atoms with Crippen molar-refractivity contribution in [3.63, 3.8) is 0 Å². The minimum absolute atomic E-state index is 0.297. The highest BCUT2D eigenvalue weighted by Gasteiger charge is 2.34. The minimum atomic E-state index is -0.979. The molecule has 2 N–H and O–H groups in total. The normalized spacial score (nSPS) is 21.8. The van der Waals surface area contributed by atoms with E-state index < -0.39 is 18.1 Å². The van der Waals surface area contributed by atoms with Gasteiger partial charge >= 0.3 is 5.97 Å². The maximum atomic E-state index is 12.0. The zero-order valence-corrected chi connectivity index (χ0v) is 10.1. The molecule has 0 aromatic heterocycles. The predicted octanol–water partition coefficient (Wildman–Crippen LogP) is -0.0233. The van der Waals surface area contributed by atoms with Gasteiger partial charge in [-0.05, 0) is 26.2 Å². The first-order valence-corrected chi connectivity index (χ1v) is 5.74. The van der Waals surface area contributed by atoms with Gasteiger partial charge in [-0.3, -0.25) is 9.59 Å². The van der Waals surface area contributed by atoms with Gasteiger partial charge in [-0.25, -0.2) is 4.79 Å². The van der Waals surface area contributed by atoms with Crippen LogP contribution >= 0.6 is 0 Å². The van der Waals surface area contributed by atoms with Gasteiger partial charge in [-0.2, -0.15) is 0 Å². The van der Waals surface area contributed by atoms with Crippen LogP contribution in [0, 0.1) is 0 Å². The Balaban J connectivity index is 2.70. The van der Waals surface area contributed by atoms with Crippen LogP contribution in [0.3, 0.4) is 0 Å². The molecule has 0 aromatic carbocycles. The summed E-state index contributed by atoms with van der Waals surface area (Å²) in [5.41, 5.74) is 0. The standard InChI is InChI=1S/C11H18N2O4/c1-7(12-8(2)14)10(15)13-6-4-3-5-9(13)11(16)17/h7,9H,3-6H2,1-2H3,(H,12,14)(H,16,17)/t7?,9-/m0/s1. The van der Waals surface area contributed by atoms with Crippen molar-refractivity contribution in [1.82, 2.24) is 10.2 Å². The van der Waals surface area contributed by atoms with E-state index in [9.17, 15) is 14.4 Å². The van der Waals surface area contributed by atoms with Gasteiger partial charge in [-0.15, -0.1) is 0 Å². The van der Waals surface area contributed by atoms with Crippen molar-refractivity contribution in [2.75, 3.05) is 6.54 Å². The number of carboxylic acid groups (broad SMARTS) is 1. The van der Waals surface area contributed by atoms with Crippen molar-refractivity contribution in [2.24, 2.45) is 0 Å². The second-order valence-corrected chi connectivity index (χ2v) is 4.30. The molecule has 0 aromatic rings. The van der Waals surface area contributed by atoms with Crippen LogP contribution in [0.2, 0.25) is 0 Å². The van der Waals surface area contributed by atoms with E-state index in [2.05, 4.69) is 5.32 Å². The highest BCUT2D eigenvalue weighted by Crippen LogP contribution is 2.18. The topological polar surface area (TPSA) is 86.7 Å². The van der Waals surface area contributed by atoms with Crippen LogP contribution in [0.15, 0.2) is 0 Å². The molecule has 17 heavy (non-hydrogen) atoms. The number of hydrogen-bond acceptors (Lipinski definition) is 3. The van der Waals surface area contributed by atoms with E-state index in [1.807, 2.05) is 0 Å². The molecular weight excluding hydrogens is 224 g/mol. The highest BCUT2D eigenvalue weighted by atomic mass is 16.4. The molecule has 1 fully saturated rings. The average molecular weight is 242 g/mol. The molecule has 1 aliphatic heterocycles. The lowest BCUT2D eigenvalue weighted by Crippen LogP contribution is -2.54. The van der Waals surface area contributed by atoms with Gasteiger partial charge in [-0.1, -0.05) is 0 Å². The van der Waals surface area contributed by atoms with E-state index >= 15 is 0 Å². The van der Waals surface area contributed by atoms with Crippen LogP contribution in [0.1, 0.15) is 33.1 Å². The summed E-state index contributed by atoms with van der Waals surface area (Å²) in [5, 5.41) is 11.5. The summed E-state index contributed by atoms with van der Waals surface area (Å²) >= 11 is 0. The first-order valence-electron chi connectivity index (χ1n) is 5.74. The molecule has 96 valence electrons. The largest absolute Gasteiger partial charge is 0.480 e. The molecule has 0 spiro atoms. The molecular formula is C11H18N2O4. The van der Waals surface area contributed by atoms with Crippen LogP contribution in [-0.4, -0.2) is 46.4 Å². The number of likely N-dealkylation sites (tertiary alicyclic amines) is 1. The summed E-state index contributed by atoms with van der Waals surface area (Å²) in [6.07, 6.45) is 2.10. The van der Waals surface area contributed by atoms with Crippen molar-refractivity contribution in [2.45, 2.75) is 45.2 Å². The van der Waals surface area contributed by atoms with Gasteiger partial charge in [0.05, 0.1) is 0 Å². The van der Waals surface area contributed by atoms with Gasteiger partial charge in [0, 0.05) is 13.5 Å². The van der Waals surface area contributed by atoms with Crippen molar-refractivity contribution < 1.29 is 19.5 Å². The monoisotopic (exact) mass is 242 g/mol. The third-order valence-corrected chi connectivity index (χ3v) is 2.86. The molecule has 0 radical (unpaired) electrons. The Bertz CT molecular complexity index is 329. The van der Waals surface area contributed by atoms with Gasteiger partial charge < -0.3 is 15.3 Å². The maximum absolute atomic E-state index is 12.0. The molecule has 6 heteroatoms. The summed E-state index contributed by atoms with van der Waals surface area (Å²) in [6.45, 7) is 3.34. The minimum Gasteiger partial charge on any atom is -0.480 e. The molecule has 1 unspecified atom stereocenters. The number of carbonyl (C=O) groups is 3. The zero-order chi connectivity index (χ0) is 13.0. The van der Waals surface area contributed by atoms with E-state index in [4.69, 9.17) is 5.11 Å². The zero-order valence-electron chi connectivity index (χ0n) is 10.1. The number of rotatable bonds is 3. The third-order valence-electron chi connectivity index (χ3n) is 2.86. The molecule has 6 nitrogen and oxygen atoms in total. The first kappa shape index (κ1) is 13.5. The molecule has 1 aliphatic rings. The number of nitrogens with zero attached hydrogens (tertiary/aromatic N) is 1. The second kappa shape index (κ2) is 5.65. The lowest BCUT2D eigenvalue weighted by molar-refractivity contribution is -0.153. The molecule has 0 aliphatic carbocycles. The lowest BCUT2D eigenvalue weighted by Gasteiger charge is -2.34. The Morgan fingerprint density at radius 1 is 1.35 bits per heavy atom. The van der Waals surface area contributed by atoms with E-state index in [0.717, 1.165) is 12.8 Å². The Morgan fingerprint density at radius 2 is 2.00 bits per heavy atom. The van der Waals surface area contributed by atoms with Gasteiger partial charge in [0.15, 0.2) is 0 Å². The first-order chi connectivity index (χ1) is 7.93. The van der Waals surface area contributed by atoms with Gasteiger partial charge in [0.2, 0.25) is 11.8 Å². The number of amides is 2. The van der Waals surface area contributed by atoms with E-state index in [-0.39, 0.29) is 11.8 Å². The molecule has 1 heterocycles. The number of hydrogen-bond donors (Lipinski definition) is 2. The van der Waals surface area contributed by atoms with Crippen LogP contribution in [0.5, 0.6) is 0 Å². The fourth-order valence-electron chi connectivity index (χ4n) is 2.07. The second-order valence-electron chi connectivity index (χ2n) is 4.30. The number of nitrogens with one attached hydrogen (secondary N) is 1. The van der Waals surface area contributed by atoms with Crippen molar-refractivity contribution in [3.8, 4) is 0 Å². The van der Waals surface area contributed by atoms with Crippen molar-refractivity contribution >= 4 is 17.8 Å². The summed E-state index contributed by atoms with van der Waals surface area (Å²) < 4.78 is 0. The summed E-state index contributed by atoms with van der Waals surface area (Å²) in [7, 11) is 0. The molecule has 0 saturated carbocycles. The smallest absolute Gasteiger partial charge is 0.326 e. The van der Waals surface area contributed by atoms with Crippen LogP contribution in [-0.2, 0) is 14.4 Å². The average Bonchev–Trinajstić information content (AvgIpc) is 2.27. The molecule has 2 amide bonds. The van der Waals surface area contributed by atoms with E-state index in [1.165, 1.54) is 11.8 Å². The van der Waals surface area contributed by atoms with Crippen molar-refractivity contribution in [3.05, 3.63) is 0 Å². The fraction of sp³-hybridized carbons (Fsp3) is 0.727. The molecule has 1 saturated heterocycles. The number of piperidine rings is 1. The number of carbonyl (C=O) groups excluding carboxylic acids is 2. The summed E-state index contributed by atoms with van der Waals surface area (Å²) in [6, 6.07) is -1.43. The van der Waals surface area contributed by atoms with E-state index in [0.29, 0.717) is 13.0 Å². The Labute approximate surface area is 100.0 Å². The summed E-state index contributed by atoms with van der Waals surface area (Å²) in [5.74, 6) is -1.60. The quantitative estimate of drug-likeness (QED) is 0.728. The van der Waals surface area contributed by atoms with Crippen LogP contribution < -0.4 is 5.32 Å². The predicted molar refractivity (Wildman–Crippen MR) is 60.3 cm³/mol. The SMILES string of the molecule is CC(=O)NC(C)C(=O)N1CCCC[C@H]1C(=O)O. The summed E-state index contributed by atoms with van der Waals surface area (Å²) in [4.78, 5) is 35.2. The number of aliphatic carboxylic acids is 1. The molecule has 1 rings (SSSR count). The Kier molecular flexibility index (Phi) is 4.48.